The van der Waals surface area contributed by atoms with Crippen molar-refractivity contribution >= 4 is 5.97 Å². The van der Waals surface area contributed by atoms with E-state index in [1.54, 1.807) is 6.08 Å². The molecule has 0 aliphatic heterocycles. The Kier molecular flexibility index (Phi) is 11.8. The molecular formula is C15H24O2. The molecule has 0 aliphatic rings. The Bertz CT molecular complexity index is 252. The lowest BCUT2D eigenvalue weighted by molar-refractivity contribution is -0.136. The van der Waals surface area contributed by atoms with E-state index in [9.17, 15) is 4.79 Å². The van der Waals surface area contributed by atoms with Gasteiger partial charge in [-0.05, 0) is 32.1 Å². The summed E-state index contributed by atoms with van der Waals surface area (Å²) in [5.74, 6) is -0.282. The van der Waals surface area contributed by atoms with Gasteiger partial charge in [0.05, 0.1) is 0 Å². The highest BCUT2D eigenvalue weighted by Gasteiger charge is 1.92. The molecule has 0 aliphatic carbocycles. The van der Waals surface area contributed by atoms with E-state index in [0.717, 1.165) is 19.3 Å². The fourth-order valence-corrected chi connectivity index (χ4v) is 1.35. The van der Waals surface area contributed by atoms with Gasteiger partial charge in [-0.3, -0.25) is 0 Å². The minimum atomic E-state index is -0.282. The maximum absolute atomic E-state index is 11.0. The first-order chi connectivity index (χ1) is 8.31. The van der Waals surface area contributed by atoms with E-state index in [4.69, 9.17) is 4.74 Å². The van der Waals surface area contributed by atoms with Crippen molar-refractivity contribution in [2.24, 2.45) is 0 Å². The fraction of sp³-hybridized carbons (Fsp3) is 0.533. The third kappa shape index (κ3) is 12.6. The van der Waals surface area contributed by atoms with Crippen LogP contribution in [-0.4, -0.2) is 12.6 Å². The van der Waals surface area contributed by atoms with E-state index < -0.39 is 0 Å². The first-order valence-electron chi connectivity index (χ1n) is 6.40. The normalized spacial score (nSPS) is 11.1. The molecule has 0 fully saturated rings. The van der Waals surface area contributed by atoms with Gasteiger partial charge in [-0.1, -0.05) is 44.2 Å². The summed E-state index contributed by atoms with van der Waals surface area (Å²) in [4.78, 5) is 11.0. The van der Waals surface area contributed by atoms with Crippen LogP contribution in [-0.2, 0) is 9.53 Å². The topological polar surface area (TPSA) is 26.3 Å². The quantitative estimate of drug-likeness (QED) is 0.246. The van der Waals surface area contributed by atoms with Gasteiger partial charge in [0, 0.05) is 6.08 Å². The maximum atomic E-state index is 11.0. The largest absolute Gasteiger partial charge is 0.458 e. The Morgan fingerprint density at radius 3 is 2.47 bits per heavy atom. The Morgan fingerprint density at radius 2 is 1.82 bits per heavy atom. The number of hydrogen-bond donors (Lipinski definition) is 0. The van der Waals surface area contributed by atoms with Gasteiger partial charge in [0.15, 0.2) is 0 Å². The lowest BCUT2D eigenvalue weighted by atomic mass is 10.1. The number of rotatable bonds is 10. The molecule has 0 spiro atoms. The van der Waals surface area contributed by atoms with Crippen LogP contribution >= 0.6 is 0 Å². The molecular weight excluding hydrogens is 212 g/mol. The number of hydrogen-bond acceptors (Lipinski definition) is 2. The predicted octanol–water partition coefficient (Wildman–Crippen LogP) is 4.19. The zero-order chi connectivity index (χ0) is 12.8. The molecule has 0 atom stereocenters. The molecule has 0 aromatic rings. The van der Waals surface area contributed by atoms with E-state index in [1.165, 1.54) is 25.3 Å². The number of esters is 1. The molecule has 0 N–H and O–H groups in total. The lowest BCUT2D eigenvalue weighted by Gasteiger charge is -1.96. The smallest absolute Gasteiger partial charge is 0.330 e. The highest BCUT2D eigenvalue weighted by atomic mass is 16.5. The van der Waals surface area contributed by atoms with Crippen molar-refractivity contribution in [3.63, 3.8) is 0 Å². The molecule has 0 saturated carbocycles. The summed E-state index contributed by atoms with van der Waals surface area (Å²) in [7, 11) is 0. The van der Waals surface area contributed by atoms with Crippen molar-refractivity contribution in [2.75, 3.05) is 6.61 Å². The first-order valence-corrected chi connectivity index (χ1v) is 6.40. The summed E-state index contributed by atoms with van der Waals surface area (Å²) in [5.41, 5.74) is 0. The third-order valence-corrected chi connectivity index (χ3v) is 2.24. The summed E-state index contributed by atoms with van der Waals surface area (Å²) >= 11 is 0. The summed E-state index contributed by atoms with van der Waals surface area (Å²) in [6.07, 6.45) is 16.2. The molecule has 0 unspecified atom stereocenters. The van der Waals surface area contributed by atoms with Crippen LogP contribution in [0.2, 0.25) is 0 Å². The number of ether oxygens (including phenoxy) is 1. The Hall–Kier alpha value is -1.31. The van der Waals surface area contributed by atoms with Crippen molar-refractivity contribution in [1.82, 2.24) is 0 Å². The number of carbonyl (C=O) groups is 1. The van der Waals surface area contributed by atoms with Gasteiger partial charge in [-0.25, -0.2) is 4.79 Å². The van der Waals surface area contributed by atoms with Crippen LogP contribution in [0.25, 0.3) is 0 Å². The summed E-state index contributed by atoms with van der Waals surface area (Å²) in [5, 5.41) is 0. The predicted molar refractivity (Wildman–Crippen MR) is 72.8 cm³/mol. The van der Waals surface area contributed by atoms with Crippen molar-refractivity contribution < 1.29 is 9.53 Å². The minimum absolute atomic E-state index is 0.282. The van der Waals surface area contributed by atoms with Gasteiger partial charge in [-0.15, -0.1) is 0 Å². The van der Waals surface area contributed by atoms with Crippen molar-refractivity contribution in [1.29, 1.82) is 0 Å². The van der Waals surface area contributed by atoms with Crippen molar-refractivity contribution in [2.45, 2.75) is 45.4 Å². The molecule has 2 nitrogen and oxygen atoms in total. The molecule has 0 aromatic carbocycles. The van der Waals surface area contributed by atoms with Crippen LogP contribution < -0.4 is 0 Å². The molecule has 0 heterocycles. The SMILES string of the molecule is C=CCOC(=O)/C=C/CCCCC/C=C/CC. The van der Waals surface area contributed by atoms with Gasteiger partial charge < -0.3 is 4.74 Å². The summed E-state index contributed by atoms with van der Waals surface area (Å²) in [6, 6.07) is 0. The Balaban J connectivity index is 3.32. The first kappa shape index (κ1) is 15.7. The van der Waals surface area contributed by atoms with E-state index >= 15 is 0 Å². The third-order valence-electron chi connectivity index (χ3n) is 2.24. The van der Waals surface area contributed by atoms with Crippen LogP contribution in [0.4, 0.5) is 0 Å². The molecule has 17 heavy (non-hydrogen) atoms. The second-order valence-electron chi connectivity index (χ2n) is 3.84. The van der Waals surface area contributed by atoms with Crippen molar-refractivity contribution in [3.05, 3.63) is 37.0 Å². The highest BCUT2D eigenvalue weighted by Crippen LogP contribution is 2.04. The van der Waals surface area contributed by atoms with Gasteiger partial charge in [0.2, 0.25) is 0 Å². The number of carbonyl (C=O) groups excluding carboxylic acids is 1. The lowest BCUT2D eigenvalue weighted by Crippen LogP contribution is -1.99. The monoisotopic (exact) mass is 236 g/mol. The van der Waals surface area contributed by atoms with Crippen LogP contribution in [0.15, 0.2) is 37.0 Å². The molecule has 0 amide bonds. The molecule has 0 saturated heterocycles. The Morgan fingerprint density at radius 1 is 1.12 bits per heavy atom. The second-order valence-corrected chi connectivity index (χ2v) is 3.84. The van der Waals surface area contributed by atoms with E-state index in [1.807, 2.05) is 6.08 Å². The van der Waals surface area contributed by atoms with Crippen LogP contribution in [0.3, 0.4) is 0 Å². The van der Waals surface area contributed by atoms with Crippen LogP contribution in [0.5, 0.6) is 0 Å². The zero-order valence-corrected chi connectivity index (χ0v) is 10.9. The fourth-order valence-electron chi connectivity index (χ4n) is 1.35. The highest BCUT2D eigenvalue weighted by molar-refractivity contribution is 5.81. The van der Waals surface area contributed by atoms with Crippen molar-refractivity contribution in [3.8, 4) is 0 Å². The minimum Gasteiger partial charge on any atom is -0.458 e. The average molecular weight is 236 g/mol. The van der Waals surface area contributed by atoms with Gasteiger partial charge in [0.1, 0.15) is 6.61 Å². The van der Waals surface area contributed by atoms with Crippen LogP contribution in [0, 0.1) is 0 Å². The van der Waals surface area contributed by atoms with Gasteiger partial charge >= 0.3 is 5.97 Å². The summed E-state index contributed by atoms with van der Waals surface area (Å²) < 4.78 is 4.81. The van der Waals surface area contributed by atoms with E-state index in [0.29, 0.717) is 0 Å². The number of allylic oxidation sites excluding steroid dienone is 3. The van der Waals surface area contributed by atoms with E-state index in [2.05, 4.69) is 25.7 Å². The van der Waals surface area contributed by atoms with E-state index in [-0.39, 0.29) is 12.6 Å². The molecule has 96 valence electrons. The molecule has 0 bridgehead atoms. The standard InChI is InChI=1S/C15H24O2/c1-3-5-6-7-8-9-10-11-12-13-15(16)17-14-4-2/h4-6,12-13H,2-3,7-11,14H2,1H3/b6-5+,13-12+. The average Bonchev–Trinajstić information content (AvgIpc) is 2.34. The van der Waals surface area contributed by atoms with Gasteiger partial charge in [0.25, 0.3) is 0 Å². The Labute approximate surface area is 105 Å². The number of unbranched alkanes of at least 4 members (excludes halogenated alkanes) is 4. The molecule has 0 aromatic heterocycles. The molecule has 2 heteroatoms. The second kappa shape index (κ2) is 12.8. The summed E-state index contributed by atoms with van der Waals surface area (Å²) in [6.45, 7) is 5.91. The zero-order valence-electron chi connectivity index (χ0n) is 10.9. The maximum Gasteiger partial charge on any atom is 0.330 e. The van der Waals surface area contributed by atoms with Crippen LogP contribution in [0.1, 0.15) is 45.4 Å². The van der Waals surface area contributed by atoms with Gasteiger partial charge in [-0.2, -0.15) is 0 Å². The molecule has 0 radical (unpaired) electrons. The molecule has 0 rings (SSSR count).